The minimum atomic E-state index is -0.00401. The van der Waals surface area contributed by atoms with E-state index >= 15 is 0 Å². The van der Waals surface area contributed by atoms with Gasteiger partial charge < -0.3 is 9.88 Å². The second-order valence-electron chi connectivity index (χ2n) is 6.41. The van der Waals surface area contributed by atoms with Crippen molar-refractivity contribution in [1.82, 2.24) is 9.88 Å². The lowest BCUT2D eigenvalue weighted by Crippen LogP contribution is -2.34. The van der Waals surface area contributed by atoms with Crippen molar-refractivity contribution < 1.29 is 4.79 Å². The third kappa shape index (κ3) is 2.85. The number of aromatic amines is 1. The number of amides is 1. The van der Waals surface area contributed by atoms with E-state index in [0.29, 0.717) is 23.7 Å². The van der Waals surface area contributed by atoms with Crippen LogP contribution in [0.4, 0.5) is 0 Å². The molecule has 0 unspecified atom stereocenters. The minimum Gasteiger partial charge on any atom is -0.360 e. The fourth-order valence-electron chi connectivity index (χ4n) is 3.47. The first kappa shape index (κ1) is 16.0. The summed E-state index contributed by atoms with van der Waals surface area (Å²) in [6.07, 6.45) is 5.08. The number of benzene rings is 2. The second-order valence-corrected chi connectivity index (χ2v) is 6.82. The summed E-state index contributed by atoms with van der Waals surface area (Å²) in [7, 11) is 0. The molecule has 0 saturated heterocycles. The Bertz CT molecular complexity index is 986. The molecule has 2 aromatic carbocycles. The normalized spacial score (nSPS) is 14.6. The van der Waals surface area contributed by atoms with E-state index in [2.05, 4.69) is 42.4 Å². The fourth-order valence-corrected chi connectivity index (χ4v) is 3.69. The lowest BCUT2D eigenvalue weighted by Gasteiger charge is -2.27. The standard InChI is InChI=1S/C21H19ClN2O/c1-14-5-4-7-16-18(13-23-20(14)16)15-9-11-24(12-10-15)21(25)17-6-2-3-8-19(17)22/h2-9,13,23H,10-12H2,1H3. The molecule has 2 heterocycles. The number of hydrogen-bond acceptors (Lipinski definition) is 1. The number of nitrogens with zero attached hydrogens (tertiary/aromatic N) is 1. The first-order valence-electron chi connectivity index (χ1n) is 8.45. The van der Waals surface area contributed by atoms with Gasteiger partial charge in [-0.2, -0.15) is 0 Å². The molecule has 1 aliphatic heterocycles. The number of hydrogen-bond donors (Lipinski definition) is 1. The molecule has 3 nitrogen and oxygen atoms in total. The van der Waals surface area contributed by atoms with Gasteiger partial charge in [0.05, 0.1) is 10.6 Å². The molecule has 0 bridgehead atoms. The van der Waals surface area contributed by atoms with Crippen LogP contribution in [0, 0.1) is 6.92 Å². The van der Waals surface area contributed by atoms with Crippen LogP contribution in [0.2, 0.25) is 5.02 Å². The summed E-state index contributed by atoms with van der Waals surface area (Å²) in [5.41, 5.74) is 5.54. The molecule has 1 aliphatic rings. The van der Waals surface area contributed by atoms with Crippen LogP contribution in [-0.4, -0.2) is 28.9 Å². The largest absolute Gasteiger partial charge is 0.360 e. The van der Waals surface area contributed by atoms with E-state index in [0.717, 1.165) is 6.42 Å². The molecule has 0 radical (unpaired) electrons. The van der Waals surface area contributed by atoms with Crippen LogP contribution in [0.3, 0.4) is 0 Å². The van der Waals surface area contributed by atoms with Crippen molar-refractivity contribution in [2.24, 2.45) is 0 Å². The summed E-state index contributed by atoms with van der Waals surface area (Å²) >= 11 is 6.16. The van der Waals surface area contributed by atoms with Gasteiger partial charge in [-0.05, 0) is 36.6 Å². The van der Waals surface area contributed by atoms with Crippen LogP contribution in [0.5, 0.6) is 0 Å². The van der Waals surface area contributed by atoms with E-state index in [1.165, 1.54) is 27.6 Å². The third-order valence-electron chi connectivity index (χ3n) is 4.87. The molecule has 3 aromatic rings. The fraction of sp³-hybridized carbons (Fsp3) is 0.190. The van der Waals surface area contributed by atoms with Crippen molar-refractivity contribution in [2.45, 2.75) is 13.3 Å². The van der Waals surface area contributed by atoms with E-state index in [1.54, 1.807) is 12.1 Å². The Morgan fingerprint density at radius 3 is 2.76 bits per heavy atom. The molecule has 1 N–H and O–H groups in total. The number of halogens is 1. The molecule has 0 fully saturated rings. The minimum absolute atomic E-state index is 0.00401. The molecule has 25 heavy (non-hydrogen) atoms. The van der Waals surface area contributed by atoms with Crippen molar-refractivity contribution in [1.29, 1.82) is 0 Å². The molecule has 0 atom stereocenters. The smallest absolute Gasteiger partial charge is 0.255 e. The number of aryl methyl sites for hydroxylation is 1. The van der Waals surface area contributed by atoms with Crippen molar-refractivity contribution in [3.05, 3.63) is 76.5 Å². The van der Waals surface area contributed by atoms with Crippen LogP contribution < -0.4 is 0 Å². The first-order valence-corrected chi connectivity index (χ1v) is 8.83. The summed E-state index contributed by atoms with van der Waals surface area (Å²) in [6.45, 7) is 3.42. The molecule has 4 rings (SSSR count). The highest BCUT2D eigenvalue weighted by atomic mass is 35.5. The topological polar surface area (TPSA) is 36.1 Å². The van der Waals surface area contributed by atoms with Gasteiger partial charge in [0.2, 0.25) is 0 Å². The lowest BCUT2D eigenvalue weighted by atomic mass is 9.98. The molecule has 0 spiro atoms. The van der Waals surface area contributed by atoms with Crippen molar-refractivity contribution in [3.63, 3.8) is 0 Å². The first-order chi connectivity index (χ1) is 12.1. The Labute approximate surface area is 151 Å². The second kappa shape index (κ2) is 6.41. The van der Waals surface area contributed by atoms with Crippen molar-refractivity contribution in [3.8, 4) is 0 Å². The van der Waals surface area contributed by atoms with Crippen LogP contribution >= 0.6 is 11.6 Å². The molecule has 1 amide bonds. The Kier molecular flexibility index (Phi) is 4.10. The van der Waals surface area contributed by atoms with Gasteiger partial charge in [0.1, 0.15) is 0 Å². The number of nitrogens with one attached hydrogen (secondary N) is 1. The zero-order valence-electron chi connectivity index (χ0n) is 14.1. The number of rotatable bonds is 2. The molecule has 1 aromatic heterocycles. The monoisotopic (exact) mass is 350 g/mol. The zero-order valence-corrected chi connectivity index (χ0v) is 14.8. The maximum Gasteiger partial charge on any atom is 0.255 e. The third-order valence-corrected chi connectivity index (χ3v) is 5.20. The van der Waals surface area contributed by atoms with Crippen LogP contribution in [0.1, 0.15) is 27.9 Å². The van der Waals surface area contributed by atoms with Gasteiger partial charge in [0.15, 0.2) is 0 Å². The van der Waals surface area contributed by atoms with Crippen LogP contribution in [0.15, 0.2) is 54.7 Å². The maximum absolute atomic E-state index is 12.7. The van der Waals surface area contributed by atoms with Gasteiger partial charge in [0.25, 0.3) is 5.91 Å². The SMILES string of the molecule is Cc1cccc2c(C3=CCN(C(=O)c4ccccc4Cl)CC3)c[nH]c12. The van der Waals surface area contributed by atoms with Gasteiger partial charge in [-0.15, -0.1) is 0 Å². The highest BCUT2D eigenvalue weighted by Gasteiger charge is 2.22. The summed E-state index contributed by atoms with van der Waals surface area (Å²) in [5, 5.41) is 1.76. The summed E-state index contributed by atoms with van der Waals surface area (Å²) in [6, 6.07) is 13.6. The predicted octanol–water partition coefficient (Wildman–Crippen LogP) is 5.06. The molecular weight excluding hydrogens is 332 g/mol. The Morgan fingerprint density at radius 1 is 1.16 bits per heavy atom. The number of H-pyrrole nitrogens is 1. The van der Waals surface area contributed by atoms with Crippen molar-refractivity contribution in [2.75, 3.05) is 13.1 Å². The quantitative estimate of drug-likeness (QED) is 0.689. The average Bonchev–Trinajstić information content (AvgIpc) is 3.07. The van der Waals surface area contributed by atoms with E-state index in [-0.39, 0.29) is 5.91 Å². The highest BCUT2D eigenvalue weighted by molar-refractivity contribution is 6.33. The van der Waals surface area contributed by atoms with Gasteiger partial charge in [0, 0.05) is 35.8 Å². The molecular formula is C21H19ClN2O. The number of carbonyl (C=O) groups excluding carboxylic acids is 1. The van der Waals surface area contributed by atoms with E-state index in [4.69, 9.17) is 11.6 Å². The number of carbonyl (C=O) groups is 1. The number of fused-ring (bicyclic) bond motifs is 1. The maximum atomic E-state index is 12.7. The molecule has 0 saturated carbocycles. The Balaban J connectivity index is 1.59. The zero-order chi connectivity index (χ0) is 17.4. The summed E-state index contributed by atoms with van der Waals surface area (Å²) in [4.78, 5) is 17.9. The van der Waals surface area contributed by atoms with Gasteiger partial charge in [-0.3, -0.25) is 4.79 Å². The highest BCUT2D eigenvalue weighted by Crippen LogP contribution is 2.31. The van der Waals surface area contributed by atoms with Crippen LogP contribution in [0.25, 0.3) is 16.5 Å². The number of aromatic nitrogens is 1. The van der Waals surface area contributed by atoms with Gasteiger partial charge in [-0.1, -0.05) is 48.0 Å². The average molecular weight is 351 g/mol. The summed E-state index contributed by atoms with van der Waals surface area (Å²) < 4.78 is 0. The van der Waals surface area contributed by atoms with E-state index in [9.17, 15) is 4.79 Å². The lowest BCUT2D eigenvalue weighted by molar-refractivity contribution is 0.0773. The molecule has 4 heteroatoms. The Morgan fingerprint density at radius 2 is 2.00 bits per heavy atom. The van der Waals surface area contributed by atoms with E-state index < -0.39 is 0 Å². The van der Waals surface area contributed by atoms with Gasteiger partial charge in [-0.25, -0.2) is 0 Å². The Hall–Kier alpha value is -2.52. The predicted molar refractivity (Wildman–Crippen MR) is 103 cm³/mol. The van der Waals surface area contributed by atoms with E-state index in [1.807, 2.05) is 17.0 Å². The number of para-hydroxylation sites is 1. The molecule has 0 aliphatic carbocycles. The van der Waals surface area contributed by atoms with Gasteiger partial charge >= 0.3 is 0 Å². The van der Waals surface area contributed by atoms with Crippen molar-refractivity contribution >= 4 is 34.0 Å². The summed E-state index contributed by atoms with van der Waals surface area (Å²) in [5.74, 6) is -0.00401. The van der Waals surface area contributed by atoms with Crippen LogP contribution in [-0.2, 0) is 0 Å². The molecule has 126 valence electrons.